The van der Waals surface area contributed by atoms with Crippen molar-refractivity contribution in [1.29, 1.82) is 0 Å². The SMILES string of the molecule is O=C(NCc1cccc(-c2ccc([C@H]3O[C@@H](CN4CCC[C@H]4CN4CCCC4)C[C@@H](c4ccc(CO)cc4)O3)cc2)c1)C(Cl)(Cl)Cl. The number of aliphatic hydroxyl groups is 1. The fourth-order valence-corrected chi connectivity index (χ4v) is 7.08. The molecule has 46 heavy (non-hydrogen) atoms. The Labute approximate surface area is 286 Å². The van der Waals surface area contributed by atoms with E-state index in [-0.39, 0.29) is 25.4 Å². The third-order valence-corrected chi connectivity index (χ3v) is 9.89. The highest BCUT2D eigenvalue weighted by atomic mass is 35.6. The van der Waals surface area contributed by atoms with Crippen LogP contribution in [-0.4, -0.2) is 69.5 Å². The highest BCUT2D eigenvalue weighted by molar-refractivity contribution is 6.76. The number of likely N-dealkylation sites (tertiary alicyclic amines) is 2. The van der Waals surface area contributed by atoms with Crippen LogP contribution in [0.25, 0.3) is 11.1 Å². The van der Waals surface area contributed by atoms with Crippen LogP contribution >= 0.6 is 34.8 Å². The lowest BCUT2D eigenvalue weighted by atomic mass is 9.98. The standard InChI is InChI=1S/C36H42Cl3N3O4/c37-36(38,39)35(44)40-21-26-5-3-6-30(19-26)27-12-14-29(15-13-27)34-45-32(20-33(46-34)28-10-8-25(24-43)9-11-28)23-42-18-4-7-31(42)22-41-16-1-2-17-41/h3,5-6,8-15,19,31-34,43H,1-2,4,7,16-18,20-24H2,(H,40,44)/t31-,32+,33-,34-/m0/s1. The van der Waals surface area contributed by atoms with Gasteiger partial charge in [-0.2, -0.15) is 0 Å². The number of alkyl halides is 3. The van der Waals surface area contributed by atoms with E-state index < -0.39 is 16.0 Å². The van der Waals surface area contributed by atoms with Crippen molar-refractivity contribution < 1.29 is 19.4 Å². The molecule has 6 rings (SSSR count). The van der Waals surface area contributed by atoms with Gasteiger partial charge in [-0.05, 0) is 79.2 Å². The highest BCUT2D eigenvalue weighted by Gasteiger charge is 2.36. The Hall–Kier alpha value is -2.20. The molecule has 0 radical (unpaired) electrons. The first-order valence-electron chi connectivity index (χ1n) is 16.3. The van der Waals surface area contributed by atoms with Gasteiger partial charge < -0.3 is 24.8 Å². The summed E-state index contributed by atoms with van der Waals surface area (Å²) in [6, 6.07) is 24.8. The molecule has 3 aromatic carbocycles. The summed E-state index contributed by atoms with van der Waals surface area (Å²) in [5.74, 6) is -0.660. The third kappa shape index (κ3) is 8.63. The van der Waals surface area contributed by atoms with Crippen molar-refractivity contribution in [2.24, 2.45) is 0 Å². The van der Waals surface area contributed by atoms with E-state index in [0.717, 1.165) is 59.4 Å². The molecule has 3 heterocycles. The van der Waals surface area contributed by atoms with Crippen LogP contribution in [0, 0.1) is 0 Å². The van der Waals surface area contributed by atoms with Crippen LogP contribution in [0.15, 0.2) is 72.8 Å². The summed E-state index contributed by atoms with van der Waals surface area (Å²) in [6.45, 7) is 5.87. The van der Waals surface area contributed by atoms with Gasteiger partial charge in [-0.25, -0.2) is 0 Å². The van der Waals surface area contributed by atoms with Crippen molar-refractivity contribution in [3.8, 4) is 11.1 Å². The van der Waals surface area contributed by atoms with Gasteiger partial charge in [0, 0.05) is 37.7 Å². The first-order chi connectivity index (χ1) is 22.2. The predicted octanol–water partition coefficient (Wildman–Crippen LogP) is 6.94. The number of rotatable bonds is 10. The van der Waals surface area contributed by atoms with Crippen molar-refractivity contribution >= 4 is 40.7 Å². The first kappa shape index (κ1) is 33.7. The van der Waals surface area contributed by atoms with Gasteiger partial charge in [-0.3, -0.25) is 9.69 Å². The Kier molecular flexibility index (Phi) is 11.2. The van der Waals surface area contributed by atoms with E-state index in [0.29, 0.717) is 6.04 Å². The summed E-state index contributed by atoms with van der Waals surface area (Å²) in [5, 5.41) is 12.2. The summed E-state index contributed by atoms with van der Waals surface area (Å²) >= 11 is 17.1. The molecule has 0 bridgehead atoms. The van der Waals surface area contributed by atoms with Crippen molar-refractivity contribution in [1.82, 2.24) is 15.1 Å². The number of hydrogen-bond acceptors (Lipinski definition) is 6. The summed E-state index contributed by atoms with van der Waals surface area (Å²) in [7, 11) is 0. The van der Waals surface area contributed by atoms with Gasteiger partial charge in [0.15, 0.2) is 6.29 Å². The topological polar surface area (TPSA) is 74.3 Å². The molecule has 0 aliphatic carbocycles. The molecular formula is C36H42Cl3N3O4. The average molecular weight is 687 g/mol. The molecule has 3 aliphatic rings. The second-order valence-corrected chi connectivity index (χ2v) is 14.9. The minimum atomic E-state index is -2.00. The largest absolute Gasteiger partial charge is 0.392 e. The lowest BCUT2D eigenvalue weighted by Crippen LogP contribution is -2.45. The summed E-state index contributed by atoms with van der Waals surface area (Å²) in [5.41, 5.74) is 5.88. The zero-order valence-corrected chi connectivity index (χ0v) is 28.2. The highest BCUT2D eigenvalue weighted by Crippen LogP contribution is 2.39. The number of amides is 1. The number of carbonyl (C=O) groups is 1. The maximum absolute atomic E-state index is 12.0. The van der Waals surface area contributed by atoms with Gasteiger partial charge >= 0.3 is 0 Å². The second kappa shape index (κ2) is 15.3. The Balaban J connectivity index is 1.16. The Bertz CT molecular complexity index is 1440. The normalized spacial score (nSPS) is 24.3. The number of benzene rings is 3. The van der Waals surface area contributed by atoms with Gasteiger partial charge in [0.2, 0.25) is 0 Å². The third-order valence-electron chi connectivity index (χ3n) is 9.37. The molecule has 3 saturated heterocycles. The van der Waals surface area contributed by atoms with Crippen molar-refractivity contribution in [3.05, 3.63) is 95.1 Å². The molecule has 3 aromatic rings. The fourth-order valence-electron chi connectivity index (χ4n) is 6.88. The lowest BCUT2D eigenvalue weighted by molar-refractivity contribution is -0.253. The molecule has 0 saturated carbocycles. The fraction of sp³-hybridized carbons (Fsp3) is 0.472. The first-order valence-corrected chi connectivity index (χ1v) is 17.4. The van der Waals surface area contributed by atoms with Crippen LogP contribution in [-0.2, 0) is 27.4 Å². The van der Waals surface area contributed by atoms with Gasteiger partial charge in [-0.15, -0.1) is 0 Å². The number of halogens is 3. The molecule has 3 fully saturated rings. The van der Waals surface area contributed by atoms with E-state index in [1.807, 2.05) is 36.4 Å². The molecule has 0 unspecified atom stereocenters. The molecule has 1 amide bonds. The number of carbonyl (C=O) groups excluding carboxylic acids is 1. The van der Waals surface area contributed by atoms with E-state index in [9.17, 15) is 9.90 Å². The van der Waals surface area contributed by atoms with Crippen LogP contribution in [0.5, 0.6) is 0 Å². The number of aliphatic hydroxyl groups excluding tert-OH is 1. The van der Waals surface area contributed by atoms with Gasteiger partial charge in [0.05, 0.1) is 18.8 Å². The maximum Gasteiger partial charge on any atom is 0.272 e. The van der Waals surface area contributed by atoms with Gasteiger partial charge in [0.25, 0.3) is 9.70 Å². The average Bonchev–Trinajstić information content (AvgIpc) is 3.75. The smallest absolute Gasteiger partial charge is 0.272 e. The molecule has 10 heteroatoms. The molecular weight excluding hydrogens is 645 g/mol. The molecule has 0 spiro atoms. The van der Waals surface area contributed by atoms with Gasteiger partial charge in [0.1, 0.15) is 0 Å². The summed E-state index contributed by atoms with van der Waals surface area (Å²) < 4.78 is 11.3. The minimum absolute atomic E-state index is 0.0202. The molecule has 2 N–H and O–H groups in total. The Morgan fingerprint density at radius 1 is 0.848 bits per heavy atom. The molecule has 7 nitrogen and oxygen atoms in total. The molecule has 246 valence electrons. The molecule has 4 atom stereocenters. The van der Waals surface area contributed by atoms with E-state index in [1.54, 1.807) is 0 Å². The maximum atomic E-state index is 12.0. The van der Waals surface area contributed by atoms with Crippen LogP contribution in [0.4, 0.5) is 0 Å². The predicted molar refractivity (Wildman–Crippen MR) is 183 cm³/mol. The quantitative estimate of drug-likeness (QED) is 0.225. The number of nitrogens with zero attached hydrogens (tertiary/aromatic N) is 2. The Morgan fingerprint density at radius 3 is 2.30 bits per heavy atom. The van der Waals surface area contributed by atoms with Crippen LogP contribution in [0.1, 0.15) is 66.8 Å². The van der Waals surface area contributed by atoms with E-state index >= 15 is 0 Å². The monoisotopic (exact) mass is 685 g/mol. The van der Waals surface area contributed by atoms with E-state index in [4.69, 9.17) is 44.3 Å². The van der Waals surface area contributed by atoms with Crippen LogP contribution in [0.2, 0.25) is 0 Å². The van der Waals surface area contributed by atoms with Crippen LogP contribution in [0.3, 0.4) is 0 Å². The molecule has 0 aromatic heterocycles. The summed E-state index contributed by atoms with van der Waals surface area (Å²) in [6.07, 6.45) is 5.30. The van der Waals surface area contributed by atoms with E-state index in [1.165, 1.54) is 38.8 Å². The van der Waals surface area contributed by atoms with Crippen molar-refractivity contribution in [3.63, 3.8) is 0 Å². The second-order valence-electron chi connectivity index (χ2n) is 12.7. The summed E-state index contributed by atoms with van der Waals surface area (Å²) in [4.78, 5) is 17.2. The lowest BCUT2D eigenvalue weighted by Gasteiger charge is -2.39. The Morgan fingerprint density at radius 2 is 1.59 bits per heavy atom. The van der Waals surface area contributed by atoms with Gasteiger partial charge in [-0.1, -0.05) is 102 Å². The van der Waals surface area contributed by atoms with E-state index in [2.05, 4.69) is 51.5 Å². The van der Waals surface area contributed by atoms with Crippen LogP contribution < -0.4 is 5.32 Å². The van der Waals surface area contributed by atoms with Crippen molar-refractivity contribution in [2.75, 3.05) is 32.7 Å². The zero-order valence-electron chi connectivity index (χ0n) is 25.9. The number of ether oxygens (including phenoxy) is 2. The zero-order chi connectivity index (χ0) is 32.1. The molecule has 3 aliphatic heterocycles. The van der Waals surface area contributed by atoms with Crippen molar-refractivity contribution in [2.45, 2.75) is 73.6 Å². The number of hydrogen-bond donors (Lipinski definition) is 2. The minimum Gasteiger partial charge on any atom is -0.392 e. The number of nitrogens with one attached hydrogen (secondary N) is 1.